The smallest absolute Gasteiger partial charge is 0.177 e. The van der Waals surface area contributed by atoms with E-state index in [1.807, 2.05) is 0 Å². The summed E-state index contributed by atoms with van der Waals surface area (Å²) < 4.78 is 69.7. The Balaban J connectivity index is 0. The van der Waals surface area contributed by atoms with E-state index in [-0.39, 0.29) is 0 Å². The molecule has 0 N–H and O–H groups in total. The summed E-state index contributed by atoms with van der Waals surface area (Å²) in [5.74, 6) is -7.85. The molecule has 0 radical (unpaired) electrons. The fourth-order valence-corrected chi connectivity index (χ4v) is 0. The van der Waals surface area contributed by atoms with Crippen LogP contribution in [0.4, 0.5) is 26.3 Å². The first-order valence-electron chi connectivity index (χ1n) is 4.63. The highest BCUT2D eigenvalue weighted by atomic mass is 28.3. The van der Waals surface area contributed by atoms with E-state index in [1.165, 1.54) is 39.3 Å². The Morgan fingerprint density at radius 2 is 0.562 bits per heavy atom. The zero-order valence-corrected chi connectivity index (χ0v) is 12.3. The third-order valence-corrected chi connectivity index (χ3v) is 5.10. The van der Waals surface area contributed by atoms with Gasteiger partial charge < -0.3 is 0 Å². The van der Waals surface area contributed by atoms with E-state index in [9.17, 15) is 26.3 Å². The van der Waals surface area contributed by atoms with Gasteiger partial charge in [-0.1, -0.05) is 39.3 Å². The Hall–Kier alpha value is 0.0138. The summed E-state index contributed by atoms with van der Waals surface area (Å²) in [5.41, 5.74) is 0. The molecule has 0 rings (SSSR count). The van der Waals surface area contributed by atoms with Crippen LogP contribution in [0.1, 0.15) is 0 Å². The lowest BCUT2D eigenvalue weighted by Crippen LogP contribution is -2.40. The van der Waals surface area contributed by atoms with Crippen molar-refractivity contribution in [1.82, 2.24) is 0 Å². The predicted molar refractivity (Wildman–Crippen MR) is 58.8 cm³/mol. The van der Waals surface area contributed by atoms with Gasteiger partial charge in [0.2, 0.25) is 0 Å². The highest BCUT2D eigenvalue weighted by Gasteiger charge is 2.45. The van der Waals surface area contributed by atoms with Crippen LogP contribution in [0.3, 0.4) is 0 Å². The SMILES string of the molecule is C[Si](C)(C)C(F)(F)F.C[Si](C)(C)C(F)(F)F. The van der Waals surface area contributed by atoms with Crippen molar-refractivity contribution in [2.75, 3.05) is 0 Å². The molecule has 8 heteroatoms. The maximum Gasteiger partial charge on any atom is 0.360 e. The molecule has 0 aliphatic heterocycles. The third-order valence-electron chi connectivity index (χ3n) is 1.70. The standard InChI is InChI=1S/2C4H9F3Si/c2*1-8(2,3)4(5,6)7/h2*1-3H3. The van der Waals surface area contributed by atoms with Crippen molar-refractivity contribution in [1.29, 1.82) is 0 Å². The fraction of sp³-hybridized carbons (Fsp3) is 1.00. The Bertz CT molecular complexity index is 157. The van der Waals surface area contributed by atoms with Crippen LogP contribution in [0, 0.1) is 0 Å². The van der Waals surface area contributed by atoms with Crippen LogP contribution in [-0.4, -0.2) is 27.7 Å². The first kappa shape index (κ1) is 18.4. The Kier molecular flexibility index (Phi) is 5.87. The van der Waals surface area contributed by atoms with E-state index in [1.54, 1.807) is 0 Å². The minimum atomic E-state index is -3.92. The van der Waals surface area contributed by atoms with Gasteiger partial charge in [0.1, 0.15) is 0 Å². The van der Waals surface area contributed by atoms with Crippen molar-refractivity contribution in [3.05, 3.63) is 0 Å². The van der Waals surface area contributed by atoms with E-state index in [4.69, 9.17) is 0 Å². The highest BCUT2D eigenvalue weighted by Crippen LogP contribution is 2.28. The van der Waals surface area contributed by atoms with E-state index < -0.39 is 27.7 Å². The van der Waals surface area contributed by atoms with Crippen molar-refractivity contribution in [2.24, 2.45) is 0 Å². The summed E-state index contributed by atoms with van der Waals surface area (Å²) in [4.78, 5) is 0. The Morgan fingerprint density at radius 1 is 0.500 bits per heavy atom. The Labute approximate surface area is 94.1 Å². The van der Waals surface area contributed by atoms with E-state index in [0.29, 0.717) is 0 Å². The molecule has 0 aliphatic carbocycles. The fourth-order valence-electron chi connectivity index (χ4n) is 0. The van der Waals surface area contributed by atoms with Gasteiger partial charge in [0.05, 0.1) is 0 Å². The van der Waals surface area contributed by atoms with Gasteiger partial charge in [-0.15, -0.1) is 0 Å². The van der Waals surface area contributed by atoms with Crippen LogP contribution >= 0.6 is 0 Å². The molecular weight excluding hydrogens is 266 g/mol. The molecule has 0 aromatic heterocycles. The highest BCUT2D eigenvalue weighted by molar-refractivity contribution is 6.78. The predicted octanol–water partition coefficient (Wildman–Crippen LogP) is 4.85. The number of hydrogen-bond donors (Lipinski definition) is 0. The molecular formula is C8H18F6Si2. The summed E-state index contributed by atoms with van der Waals surface area (Å²) in [7, 11) is -5.72. The average Bonchev–Trinajstić information content (AvgIpc) is 1.77. The van der Waals surface area contributed by atoms with Gasteiger partial charge in [-0.2, -0.15) is 26.3 Å². The molecule has 0 atom stereocenters. The largest absolute Gasteiger partial charge is 0.360 e. The topological polar surface area (TPSA) is 0 Å². The van der Waals surface area contributed by atoms with Gasteiger partial charge in [0.25, 0.3) is 0 Å². The minimum Gasteiger partial charge on any atom is -0.177 e. The normalized spacial score (nSPS) is 14.2. The maximum atomic E-state index is 11.6. The second-order valence-corrected chi connectivity index (χ2v) is 15.6. The van der Waals surface area contributed by atoms with E-state index >= 15 is 0 Å². The van der Waals surface area contributed by atoms with Gasteiger partial charge in [-0.3, -0.25) is 0 Å². The molecule has 0 saturated carbocycles. The van der Waals surface area contributed by atoms with Crippen molar-refractivity contribution < 1.29 is 26.3 Å². The molecule has 0 bridgehead atoms. The molecule has 0 aliphatic rings. The molecule has 100 valence electrons. The molecule has 0 aromatic rings. The number of hydrogen-bond acceptors (Lipinski definition) is 0. The summed E-state index contributed by atoms with van der Waals surface area (Å²) in [6.07, 6.45) is 0. The molecule has 0 amide bonds. The first-order valence-corrected chi connectivity index (χ1v) is 11.6. The number of rotatable bonds is 0. The number of halogens is 6. The second kappa shape index (κ2) is 5.11. The van der Waals surface area contributed by atoms with Crippen molar-refractivity contribution >= 4 is 16.1 Å². The van der Waals surface area contributed by atoms with Crippen LogP contribution in [0.25, 0.3) is 0 Å². The zero-order valence-electron chi connectivity index (χ0n) is 10.3. The van der Waals surface area contributed by atoms with Crippen molar-refractivity contribution in [3.63, 3.8) is 0 Å². The van der Waals surface area contributed by atoms with Gasteiger partial charge in [0, 0.05) is 0 Å². The molecule has 0 nitrogen and oxygen atoms in total. The second-order valence-electron chi connectivity index (χ2n) is 5.50. The first-order chi connectivity index (χ1) is 6.50. The summed E-state index contributed by atoms with van der Waals surface area (Å²) in [5, 5.41) is 0. The van der Waals surface area contributed by atoms with Crippen LogP contribution in [0.5, 0.6) is 0 Å². The lowest BCUT2D eigenvalue weighted by Gasteiger charge is -2.19. The van der Waals surface area contributed by atoms with Gasteiger partial charge in [0.15, 0.2) is 16.1 Å². The molecule has 16 heavy (non-hydrogen) atoms. The van der Waals surface area contributed by atoms with Crippen molar-refractivity contribution in [3.8, 4) is 0 Å². The van der Waals surface area contributed by atoms with Crippen molar-refractivity contribution in [2.45, 2.75) is 50.9 Å². The molecule has 0 unspecified atom stereocenters. The molecule has 0 heterocycles. The quantitative estimate of drug-likeness (QED) is 0.440. The summed E-state index contributed by atoms with van der Waals surface area (Å²) in [6.45, 7) is 7.71. The number of alkyl halides is 6. The molecule has 0 aromatic carbocycles. The minimum absolute atomic E-state index is 1.28. The van der Waals surface area contributed by atoms with Crippen LogP contribution in [0.2, 0.25) is 39.3 Å². The lowest BCUT2D eigenvalue weighted by molar-refractivity contribution is -0.0560. The van der Waals surface area contributed by atoms with E-state index in [2.05, 4.69) is 0 Å². The molecule has 0 spiro atoms. The Morgan fingerprint density at radius 3 is 0.562 bits per heavy atom. The lowest BCUT2D eigenvalue weighted by atomic mass is 11.5. The average molecular weight is 284 g/mol. The van der Waals surface area contributed by atoms with Gasteiger partial charge >= 0.3 is 11.6 Å². The van der Waals surface area contributed by atoms with E-state index in [0.717, 1.165) is 0 Å². The van der Waals surface area contributed by atoms with Crippen LogP contribution in [-0.2, 0) is 0 Å². The van der Waals surface area contributed by atoms with Crippen LogP contribution < -0.4 is 0 Å². The summed E-state index contributed by atoms with van der Waals surface area (Å²) >= 11 is 0. The van der Waals surface area contributed by atoms with Gasteiger partial charge in [-0.25, -0.2) is 0 Å². The maximum absolute atomic E-state index is 11.6. The summed E-state index contributed by atoms with van der Waals surface area (Å²) in [6, 6.07) is 0. The van der Waals surface area contributed by atoms with Crippen LogP contribution in [0.15, 0.2) is 0 Å². The van der Waals surface area contributed by atoms with Gasteiger partial charge in [-0.05, 0) is 0 Å². The molecule has 0 fully saturated rings. The monoisotopic (exact) mass is 284 g/mol. The zero-order chi connectivity index (χ0) is 14.0. The third kappa shape index (κ3) is 7.31. The molecule has 0 saturated heterocycles.